The molecule has 1 aromatic carbocycles. The third kappa shape index (κ3) is 5.91. The fourth-order valence-corrected chi connectivity index (χ4v) is 6.00. The van der Waals surface area contributed by atoms with Crippen LogP contribution in [-0.2, 0) is 35.2 Å². The van der Waals surface area contributed by atoms with E-state index in [0.717, 1.165) is 36.7 Å². The Morgan fingerprint density at radius 3 is 2.79 bits per heavy atom. The van der Waals surface area contributed by atoms with Crippen LogP contribution in [0.4, 0.5) is 23.2 Å². The number of halogens is 5. The second-order valence-corrected chi connectivity index (χ2v) is 10.5. The minimum absolute atomic E-state index is 0.00419. The molecule has 1 atom stereocenters. The lowest BCUT2D eigenvalue weighted by Gasteiger charge is -2.32. The highest BCUT2D eigenvalue weighted by molar-refractivity contribution is 7.99. The van der Waals surface area contributed by atoms with Crippen LogP contribution in [-0.4, -0.2) is 40.0 Å². The minimum atomic E-state index is -4.74. The Bertz CT molecular complexity index is 1430. The molecule has 1 fully saturated rings. The number of methoxy groups -OCH3 is 1. The fraction of sp³-hybridized carbons (Fsp3) is 0.440. The van der Waals surface area contributed by atoms with Gasteiger partial charge in [0.25, 0.3) is 5.56 Å². The zero-order valence-electron chi connectivity index (χ0n) is 20.8. The van der Waals surface area contributed by atoms with Gasteiger partial charge in [0, 0.05) is 30.7 Å². The number of nitrogens with zero attached hydrogens (tertiary/aromatic N) is 5. The maximum atomic E-state index is 13.6. The first-order chi connectivity index (χ1) is 18.7. The van der Waals surface area contributed by atoms with E-state index in [1.807, 2.05) is 4.90 Å². The number of benzene rings is 1. The summed E-state index contributed by atoms with van der Waals surface area (Å²) in [6.07, 6.45) is -0.785. The molecular weight excluding hydrogens is 562 g/mol. The van der Waals surface area contributed by atoms with Crippen molar-refractivity contribution in [1.29, 1.82) is 0 Å². The van der Waals surface area contributed by atoms with Crippen LogP contribution in [0.1, 0.15) is 48.1 Å². The molecule has 1 saturated heterocycles. The first-order valence-electron chi connectivity index (χ1n) is 12.2. The molecule has 0 spiro atoms. The molecule has 39 heavy (non-hydrogen) atoms. The molecule has 0 bridgehead atoms. The van der Waals surface area contributed by atoms with Crippen LogP contribution in [0.25, 0.3) is 0 Å². The van der Waals surface area contributed by atoms with Crippen LogP contribution >= 0.6 is 23.4 Å². The van der Waals surface area contributed by atoms with Gasteiger partial charge in [-0.2, -0.15) is 23.0 Å². The number of ether oxygens (including phenoxy) is 2. The molecule has 0 radical (unpaired) electrons. The summed E-state index contributed by atoms with van der Waals surface area (Å²) in [6, 6.07) is 2.56. The fourth-order valence-electron chi connectivity index (χ4n) is 4.62. The molecule has 5 rings (SSSR count). The third-order valence-electron chi connectivity index (χ3n) is 6.49. The summed E-state index contributed by atoms with van der Waals surface area (Å²) < 4.78 is 66.7. The second-order valence-electron chi connectivity index (χ2n) is 9.13. The lowest BCUT2D eigenvalue weighted by atomic mass is 10.1. The van der Waals surface area contributed by atoms with Crippen LogP contribution < -0.4 is 10.5 Å². The molecule has 14 heteroatoms. The van der Waals surface area contributed by atoms with Gasteiger partial charge in [-0.05, 0) is 43.9 Å². The monoisotopic (exact) mass is 585 g/mol. The van der Waals surface area contributed by atoms with Crippen molar-refractivity contribution in [3.63, 3.8) is 0 Å². The highest BCUT2D eigenvalue weighted by atomic mass is 35.5. The molecule has 3 aromatic rings. The first kappa shape index (κ1) is 27.8. The zero-order valence-corrected chi connectivity index (χ0v) is 22.4. The van der Waals surface area contributed by atoms with Gasteiger partial charge in [-0.15, -0.1) is 0 Å². The summed E-state index contributed by atoms with van der Waals surface area (Å²) in [4.78, 5) is 23.7. The predicted octanol–water partition coefficient (Wildman–Crippen LogP) is 5.40. The second kappa shape index (κ2) is 11.4. The number of hydrogen-bond acceptors (Lipinski definition) is 8. The Balaban J connectivity index is 1.47. The van der Waals surface area contributed by atoms with Crippen LogP contribution in [0.2, 0.25) is 5.02 Å². The lowest BCUT2D eigenvalue weighted by Crippen LogP contribution is -2.36. The lowest BCUT2D eigenvalue weighted by molar-refractivity contribution is -0.139. The van der Waals surface area contributed by atoms with Crippen LogP contribution in [0.15, 0.2) is 39.1 Å². The van der Waals surface area contributed by atoms with E-state index < -0.39 is 29.3 Å². The number of fused-ring (bicyclic) bond motifs is 1. The van der Waals surface area contributed by atoms with E-state index in [0.29, 0.717) is 54.0 Å². The van der Waals surface area contributed by atoms with Gasteiger partial charge in [-0.3, -0.25) is 4.79 Å². The zero-order chi connectivity index (χ0) is 27.7. The molecule has 0 N–H and O–H groups in total. The molecule has 2 aromatic heterocycles. The van der Waals surface area contributed by atoms with E-state index in [2.05, 4.69) is 15.1 Å². The van der Waals surface area contributed by atoms with Crippen LogP contribution in [0.3, 0.4) is 0 Å². The Kier molecular flexibility index (Phi) is 8.13. The van der Waals surface area contributed by atoms with Crippen molar-refractivity contribution in [1.82, 2.24) is 19.7 Å². The SMILES string of the molecule is COCc1nc2c(c(Sc3ccc(F)cc3C(F)(F)F)n1)CCN(c1cnn(C3CCCCO3)c(=O)c1Cl)C2. The van der Waals surface area contributed by atoms with Crippen molar-refractivity contribution in [3.05, 3.63) is 68.2 Å². The van der Waals surface area contributed by atoms with E-state index in [-0.39, 0.29) is 28.9 Å². The summed E-state index contributed by atoms with van der Waals surface area (Å²) in [7, 11) is 1.46. The molecule has 0 saturated carbocycles. The average molecular weight is 586 g/mol. The van der Waals surface area contributed by atoms with E-state index >= 15 is 0 Å². The molecule has 4 heterocycles. The Morgan fingerprint density at radius 1 is 1.26 bits per heavy atom. The summed E-state index contributed by atoms with van der Waals surface area (Å²) >= 11 is 7.31. The molecule has 208 valence electrons. The van der Waals surface area contributed by atoms with Crippen molar-refractivity contribution < 1.29 is 27.0 Å². The summed E-state index contributed by atoms with van der Waals surface area (Å²) in [5.74, 6) is -0.695. The van der Waals surface area contributed by atoms with Crippen LogP contribution in [0.5, 0.6) is 0 Å². The highest BCUT2D eigenvalue weighted by Gasteiger charge is 2.35. The van der Waals surface area contributed by atoms with E-state index in [1.165, 1.54) is 18.0 Å². The molecule has 2 aliphatic heterocycles. The normalized spacial score (nSPS) is 17.8. The number of alkyl halides is 3. The largest absolute Gasteiger partial charge is 0.417 e. The Morgan fingerprint density at radius 2 is 2.08 bits per heavy atom. The Labute approximate surface area is 230 Å². The quantitative estimate of drug-likeness (QED) is 0.281. The van der Waals surface area contributed by atoms with Gasteiger partial charge < -0.3 is 14.4 Å². The van der Waals surface area contributed by atoms with Gasteiger partial charge >= 0.3 is 6.18 Å². The van der Waals surface area contributed by atoms with Crippen molar-refractivity contribution in [2.45, 2.75) is 61.2 Å². The minimum Gasteiger partial charge on any atom is -0.377 e. The molecule has 0 aliphatic carbocycles. The topological polar surface area (TPSA) is 82.4 Å². The summed E-state index contributed by atoms with van der Waals surface area (Å²) in [6.45, 7) is 1.21. The van der Waals surface area contributed by atoms with Gasteiger partial charge in [0.05, 0.1) is 29.7 Å². The van der Waals surface area contributed by atoms with E-state index in [9.17, 15) is 22.4 Å². The molecule has 2 aliphatic rings. The maximum Gasteiger partial charge on any atom is 0.417 e. The number of hydrogen-bond donors (Lipinski definition) is 0. The van der Waals surface area contributed by atoms with E-state index in [4.69, 9.17) is 21.1 Å². The van der Waals surface area contributed by atoms with Gasteiger partial charge in [-0.1, -0.05) is 23.4 Å². The van der Waals surface area contributed by atoms with Crippen molar-refractivity contribution >= 4 is 29.1 Å². The van der Waals surface area contributed by atoms with E-state index in [1.54, 1.807) is 0 Å². The maximum absolute atomic E-state index is 13.6. The third-order valence-corrected chi connectivity index (χ3v) is 7.96. The van der Waals surface area contributed by atoms with Crippen molar-refractivity contribution in [3.8, 4) is 0 Å². The number of aromatic nitrogens is 4. The first-order valence-corrected chi connectivity index (χ1v) is 13.4. The smallest absolute Gasteiger partial charge is 0.377 e. The van der Waals surface area contributed by atoms with Gasteiger partial charge in [0.15, 0.2) is 12.1 Å². The number of anilines is 1. The van der Waals surface area contributed by atoms with Gasteiger partial charge in [0.2, 0.25) is 0 Å². The molecule has 8 nitrogen and oxygen atoms in total. The summed E-state index contributed by atoms with van der Waals surface area (Å²) in [5.41, 5.74) is 0.130. The molecule has 0 amide bonds. The van der Waals surface area contributed by atoms with Gasteiger partial charge in [-0.25, -0.2) is 14.4 Å². The van der Waals surface area contributed by atoms with Crippen molar-refractivity contribution in [2.75, 3.05) is 25.2 Å². The number of rotatable bonds is 6. The average Bonchev–Trinajstić information content (AvgIpc) is 2.91. The van der Waals surface area contributed by atoms with Crippen LogP contribution in [0, 0.1) is 5.82 Å². The molecule has 1 unspecified atom stereocenters. The highest BCUT2D eigenvalue weighted by Crippen LogP contribution is 2.41. The van der Waals surface area contributed by atoms with Gasteiger partial charge in [0.1, 0.15) is 22.5 Å². The van der Waals surface area contributed by atoms with Crippen molar-refractivity contribution in [2.24, 2.45) is 0 Å². The standard InChI is InChI=1S/C25H24ClF4N5O3S/c1-37-13-20-32-17-12-34(18-11-31-35(24(36)22(18)26)21-4-2-3-9-38-21)8-7-15(17)23(33-20)39-19-6-5-14(27)10-16(19)25(28,29)30/h5-6,10-11,21H,2-4,7-9,12-13H2,1H3. The Hall–Kier alpha value is -2.74. The molecular formula is C25H24ClF4N5O3S. The summed E-state index contributed by atoms with van der Waals surface area (Å²) in [5, 5.41) is 4.65. The predicted molar refractivity (Wildman–Crippen MR) is 135 cm³/mol.